The maximum Gasteiger partial charge on any atom is 0.338 e. The normalized spacial score (nSPS) is 16.8. The van der Waals surface area contributed by atoms with Gasteiger partial charge in [-0.05, 0) is 62.4 Å². The Morgan fingerprint density at radius 3 is 2.74 bits per heavy atom. The smallest absolute Gasteiger partial charge is 0.338 e. The third kappa shape index (κ3) is 5.02. The van der Waals surface area contributed by atoms with Crippen molar-refractivity contribution >= 4 is 34.5 Å². The fraction of sp³-hybridized carbons (Fsp3) is 0.269. The van der Waals surface area contributed by atoms with Gasteiger partial charge in [-0.2, -0.15) is 0 Å². The number of aliphatic imine (C=N–C) groups is 1. The number of anilines is 1. The number of allylic oxidation sites excluding steroid dienone is 1. The van der Waals surface area contributed by atoms with E-state index < -0.39 is 12.0 Å². The molecule has 0 bridgehead atoms. The van der Waals surface area contributed by atoms with E-state index in [1.807, 2.05) is 73.7 Å². The molecule has 2 aliphatic heterocycles. The highest BCUT2D eigenvalue weighted by Gasteiger charge is 2.37. The molecule has 0 radical (unpaired) electrons. The summed E-state index contributed by atoms with van der Waals surface area (Å²) in [5, 5.41) is 5.63. The number of amides is 1. The molecule has 2 aliphatic rings. The summed E-state index contributed by atoms with van der Waals surface area (Å²) in [6, 6.07) is 12.9. The van der Waals surface area contributed by atoms with Gasteiger partial charge in [-0.15, -0.1) is 0 Å². The van der Waals surface area contributed by atoms with E-state index in [-0.39, 0.29) is 19.1 Å². The molecule has 0 aromatic heterocycles. The van der Waals surface area contributed by atoms with Crippen LogP contribution in [0.15, 0.2) is 70.3 Å². The van der Waals surface area contributed by atoms with Gasteiger partial charge in [0.25, 0.3) is 5.91 Å². The molecule has 8 heteroatoms. The fourth-order valence-electron chi connectivity index (χ4n) is 3.96. The number of ether oxygens (including phenoxy) is 2. The second-order valence-corrected chi connectivity index (χ2v) is 8.93. The van der Waals surface area contributed by atoms with Crippen molar-refractivity contribution in [2.24, 2.45) is 4.99 Å². The van der Waals surface area contributed by atoms with Gasteiger partial charge in [-0.3, -0.25) is 4.79 Å². The van der Waals surface area contributed by atoms with Crippen molar-refractivity contribution in [1.29, 1.82) is 0 Å². The van der Waals surface area contributed by atoms with Gasteiger partial charge in [0, 0.05) is 11.9 Å². The number of carbonyl (C=O) groups excluding carboxylic acids is 2. The third-order valence-electron chi connectivity index (χ3n) is 5.52. The third-order valence-corrected chi connectivity index (χ3v) is 6.29. The van der Waals surface area contributed by atoms with E-state index in [0.717, 1.165) is 27.5 Å². The lowest BCUT2D eigenvalue weighted by atomic mass is 9.94. The van der Waals surface area contributed by atoms with E-state index in [2.05, 4.69) is 10.3 Å². The fourth-order valence-corrected chi connectivity index (χ4v) is 4.75. The van der Waals surface area contributed by atoms with E-state index in [4.69, 9.17) is 9.47 Å². The summed E-state index contributed by atoms with van der Waals surface area (Å²) < 4.78 is 11.1. The van der Waals surface area contributed by atoms with Crippen molar-refractivity contribution in [1.82, 2.24) is 4.90 Å². The number of hydrogen-bond acceptors (Lipinski definition) is 7. The van der Waals surface area contributed by atoms with Crippen molar-refractivity contribution in [2.45, 2.75) is 33.7 Å². The quantitative estimate of drug-likeness (QED) is 0.560. The molecule has 2 aromatic carbocycles. The van der Waals surface area contributed by atoms with E-state index in [1.54, 1.807) is 13.0 Å². The Bertz CT molecular complexity index is 1220. The molecule has 0 spiro atoms. The Labute approximate surface area is 203 Å². The number of thioether (sulfide) groups is 1. The average Bonchev–Trinajstić information content (AvgIpc) is 3.27. The number of rotatable bonds is 7. The minimum absolute atomic E-state index is 0.132. The summed E-state index contributed by atoms with van der Waals surface area (Å²) >= 11 is 1.50. The molecule has 0 saturated carbocycles. The van der Waals surface area contributed by atoms with Crippen molar-refractivity contribution in [3.63, 3.8) is 0 Å². The number of hydrogen-bond donors (Lipinski definition) is 1. The molecule has 1 amide bonds. The molecule has 0 fully saturated rings. The van der Waals surface area contributed by atoms with Gasteiger partial charge in [0.15, 0.2) is 11.8 Å². The maximum atomic E-state index is 12.8. The summed E-state index contributed by atoms with van der Waals surface area (Å²) in [6.07, 6.45) is 1.91. The van der Waals surface area contributed by atoms with Crippen LogP contribution >= 0.6 is 11.8 Å². The van der Waals surface area contributed by atoms with Crippen LogP contribution in [-0.4, -0.2) is 35.2 Å². The van der Waals surface area contributed by atoms with Gasteiger partial charge in [0.1, 0.15) is 5.75 Å². The first-order valence-corrected chi connectivity index (χ1v) is 11.9. The molecule has 34 heavy (non-hydrogen) atoms. The summed E-state index contributed by atoms with van der Waals surface area (Å²) in [4.78, 5) is 31.8. The Morgan fingerprint density at radius 1 is 1.15 bits per heavy atom. The zero-order valence-corrected chi connectivity index (χ0v) is 20.4. The Morgan fingerprint density at radius 2 is 1.97 bits per heavy atom. The van der Waals surface area contributed by atoms with Gasteiger partial charge < -0.3 is 19.7 Å². The minimum Gasteiger partial charge on any atom is -0.484 e. The van der Waals surface area contributed by atoms with Crippen molar-refractivity contribution < 1.29 is 19.1 Å². The van der Waals surface area contributed by atoms with Crippen LogP contribution in [0, 0.1) is 13.8 Å². The number of aryl methyl sites for hydroxylation is 2. The number of nitrogens with zero attached hydrogens (tertiary/aromatic N) is 2. The lowest BCUT2D eigenvalue weighted by Crippen LogP contribution is -2.34. The van der Waals surface area contributed by atoms with Crippen LogP contribution in [0.3, 0.4) is 0 Å². The largest absolute Gasteiger partial charge is 0.484 e. The number of carbonyl (C=O) groups is 2. The lowest BCUT2D eigenvalue weighted by molar-refractivity contribution is -0.139. The van der Waals surface area contributed by atoms with Crippen LogP contribution in [-0.2, 0) is 14.3 Å². The van der Waals surface area contributed by atoms with Crippen molar-refractivity contribution in [2.75, 3.05) is 18.5 Å². The van der Waals surface area contributed by atoms with E-state index >= 15 is 0 Å². The molecule has 2 heterocycles. The second-order valence-electron chi connectivity index (χ2n) is 8.05. The minimum atomic E-state index is -0.398. The Hall–Kier alpha value is -3.52. The zero-order valence-electron chi connectivity index (χ0n) is 19.6. The van der Waals surface area contributed by atoms with Gasteiger partial charge >= 0.3 is 5.97 Å². The SMILES string of the molecule is CCOC(=O)C1=C(C)N=C2SC=CN2[C@@H]1c1cccc(OCC(=O)Nc2ccc(C)cc2C)c1. The maximum absolute atomic E-state index is 12.8. The summed E-state index contributed by atoms with van der Waals surface area (Å²) in [6.45, 7) is 7.71. The standard InChI is InChI=1S/C26H27N3O4S/c1-5-32-25(31)23-18(4)27-26-29(11-12-34-26)24(23)19-7-6-8-20(14-19)33-15-22(30)28-21-10-9-16(2)13-17(21)3/h6-14,24H,5,15H2,1-4H3,(H,28,30)/t24-/m1/s1. The monoisotopic (exact) mass is 477 g/mol. The van der Waals surface area contributed by atoms with Gasteiger partial charge in [0.2, 0.25) is 0 Å². The molecule has 1 atom stereocenters. The summed E-state index contributed by atoms with van der Waals surface area (Å²) in [5.74, 6) is -0.0995. The Kier molecular flexibility index (Phi) is 7.07. The second kappa shape index (κ2) is 10.2. The number of amidine groups is 1. The first-order chi connectivity index (χ1) is 16.4. The van der Waals surface area contributed by atoms with Crippen molar-refractivity contribution in [3.8, 4) is 5.75 Å². The molecule has 4 rings (SSSR count). The number of benzene rings is 2. The predicted octanol–water partition coefficient (Wildman–Crippen LogP) is 5.09. The molecule has 1 N–H and O–H groups in total. The van der Waals surface area contributed by atoms with E-state index in [1.165, 1.54) is 11.8 Å². The van der Waals surface area contributed by atoms with Gasteiger partial charge in [-0.1, -0.05) is 41.6 Å². The lowest BCUT2D eigenvalue weighted by Gasteiger charge is -2.33. The van der Waals surface area contributed by atoms with Gasteiger partial charge in [-0.25, -0.2) is 9.79 Å². The summed E-state index contributed by atoms with van der Waals surface area (Å²) in [5.41, 5.74) is 4.86. The Balaban J connectivity index is 1.52. The van der Waals surface area contributed by atoms with Crippen LogP contribution in [0.2, 0.25) is 0 Å². The molecule has 0 aliphatic carbocycles. The number of fused-ring (bicyclic) bond motifs is 1. The highest BCUT2D eigenvalue weighted by molar-refractivity contribution is 8.16. The van der Waals surface area contributed by atoms with Crippen LogP contribution in [0.5, 0.6) is 5.75 Å². The van der Waals surface area contributed by atoms with Crippen LogP contribution < -0.4 is 10.1 Å². The molecule has 2 aromatic rings. The summed E-state index contributed by atoms with van der Waals surface area (Å²) in [7, 11) is 0. The van der Waals surface area contributed by atoms with Gasteiger partial charge in [0.05, 0.1) is 23.9 Å². The number of esters is 1. The molecule has 0 saturated heterocycles. The first kappa shape index (κ1) is 23.6. The van der Waals surface area contributed by atoms with E-state index in [0.29, 0.717) is 17.0 Å². The van der Waals surface area contributed by atoms with Crippen LogP contribution in [0.1, 0.15) is 36.6 Å². The molecule has 7 nitrogen and oxygen atoms in total. The molecular formula is C26H27N3O4S. The number of nitrogens with one attached hydrogen (secondary N) is 1. The first-order valence-electron chi connectivity index (χ1n) is 11.1. The predicted molar refractivity (Wildman–Crippen MR) is 135 cm³/mol. The van der Waals surface area contributed by atoms with Crippen LogP contribution in [0.4, 0.5) is 5.69 Å². The average molecular weight is 478 g/mol. The molecule has 176 valence electrons. The van der Waals surface area contributed by atoms with Crippen LogP contribution in [0.25, 0.3) is 0 Å². The highest BCUT2D eigenvalue weighted by atomic mass is 32.2. The highest BCUT2D eigenvalue weighted by Crippen LogP contribution is 2.41. The zero-order chi connectivity index (χ0) is 24.2. The van der Waals surface area contributed by atoms with Crippen molar-refractivity contribution in [3.05, 3.63) is 82.0 Å². The van der Waals surface area contributed by atoms with E-state index in [9.17, 15) is 9.59 Å². The topological polar surface area (TPSA) is 80.2 Å². The molecular weight excluding hydrogens is 450 g/mol. The molecule has 0 unspecified atom stereocenters.